The van der Waals surface area contributed by atoms with Crippen molar-refractivity contribution in [3.63, 3.8) is 0 Å². The number of benzene rings is 1. The Morgan fingerprint density at radius 2 is 1.93 bits per heavy atom. The van der Waals surface area contributed by atoms with E-state index in [4.69, 9.17) is 0 Å². The van der Waals surface area contributed by atoms with E-state index in [1.54, 1.807) is 28.8 Å². The van der Waals surface area contributed by atoms with Crippen molar-refractivity contribution in [3.8, 4) is 0 Å². The second kappa shape index (κ2) is 9.93. The molecule has 0 atom stereocenters. The van der Waals surface area contributed by atoms with Gasteiger partial charge in [-0.1, -0.05) is 39.8 Å². The average Bonchev–Trinajstić information content (AvgIpc) is 3.10. The van der Waals surface area contributed by atoms with Crippen LogP contribution in [0, 0.1) is 11.8 Å². The zero-order chi connectivity index (χ0) is 21.7. The Kier molecular flexibility index (Phi) is 7.31. The van der Waals surface area contributed by atoms with Gasteiger partial charge in [0.25, 0.3) is 11.3 Å². The van der Waals surface area contributed by atoms with E-state index in [9.17, 15) is 9.59 Å². The molecular formula is C22H29N5O2S. The van der Waals surface area contributed by atoms with E-state index in [2.05, 4.69) is 29.1 Å². The fraction of sp³-hybridized carbons (Fsp3) is 0.455. The third-order valence-corrected chi connectivity index (χ3v) is 6.03. The third-order valence-electron chi connectivity index (χ3n) is 4.92. The lowest BCUT2D eigenvalue weighted by Gasteiger charge is -2.15. The number of hydrogen-bond acceptors (Lipinski definition) is 5. The number of carbonyl (C=O) groups is 1. The lowest BCUT2D eigenvalue weighted by atomic mass is 10.0. The van der Waals surface area contributed by atoms with E-state index < -0.39 is 0 Å². The smallest absolute Gasteiger partial charge is 0.274 e. The van der Waals surface area contributed by atoms with Crippen molar-refractivity contribution in [1.29, 1.82) is 0 Å². The number of rotatable bonds is 9. The summed E-state index contributed by atoms with van der Waals surface area (Å²) < 4.78 is 3.31. The molecule has 1 amide bonds. The van der Waals surface area contributed by atoms with Gasteiger partial charge in [-0.25, -0.2) is 4.98 Å². The molecule has 3 aromatic rings. The van der Waals surface area contributed by atoms with Crippen molar-refractivity contribution in [2.45, 2.75) is 57.7 Å². The van der Waals surface area contributed by atoms with Gasteiger partial charge in [0.1, 0.15) is 6.33 Å². The zero-order valence-electron chi connectivity index (χ0n) is 18.0. The molecule has 2 heterocycles. The molecule has 3 rings (SSSR count). The van der Waals surface area contributed by atoms with Crippen LogP contribution in [0.3, 0.4) is 0 Å². The van der Waals surface area contributed by atoms with E-state index in [1.165, 1.54) is 4.52 Å². The number of fused-ring (bicyclic) bond motifs is 1. The second-order valence-electron chi connectivity index (χ2n) is 7.75. The summed E-state index contributed by atoms with van der Waals surface area (Å²) in [6.45, 7) is 8.94. The molecule has 8 heteroatoms. The fourth-order valence-electron chi connectivity index (χ4n) is 3.32. The number of para-hydroxylation sites is 1. The molecular weight excluding hydrogens is 398 g/mol. The maximum absolute atomic E-state index is 12.6. The summed E-state index contributed by atoms with van der Waals surface area (Å²) in [5.41, 5.74) is 1.32. The number of thioether (sulfide) groups is 1. The normalized spacial score (nSPS) is 11.5. The first-order chi connectivity index (χ1) is 14.4. The molecule has 2 aromatic heterocycles. The van der Waals surface area contributed by atoms with Crippen molar-refractivity contribution in [1.82, 2.24) is 19.2 Å². The number of nitrogens with one attached hydrogen (secondary N) is 1. The topological polar surface area (TPSA) is 81.3 Å². The van der Waals surface area contributed by atoms with Gasteiger partial charge in [-0.3, -0.25) is 14.3 Å². The largest absolute Gasteiger partial charge is 0.325 e. The van der Waals surface area contributed by atoms with Gasteiger partial charge in [-0.2, -0.15) is 9.50 Å². The highest BCUT2D eigenvalue weighted by Crippen LogP contribution is 2.30. The first kappa shape index (κ1) is 22.1. The van der Waals surface area contributed by atoms with Gasteiger partial charge in [-0.15, -0.1) is 11.8 Å². The number of aromatic nitrogens is 4. The van der Waals surface area contributed by atoms with Gasteiger partial charge in [0, 0.05) is 29.2 Å². The highest BCUT2D eigenvalue weighted by Gasteiger charge is 2.16. The Labute approximate surface area is 180 Å². The number of amides is 1. The molecule has 0 radical (unpaired) electrons. The summed E-state index contributed by atoms with van der Waals surface area (Å²) in [4.78, 5) is 34.9. The van der Waals surface area contributed by atoms with Crippen molar-refractivity contribution >= 4 is 29.1 Å². The number of carbonyl (C=O) groups excluding carboxylic acids is 1. The number of anilines is 1. The molecule has 0 unspecified atom stereocenters. The Bertz CT molecular complexity index is 1070. The molecule has 0 bridgehead atoms. The van der Waals surface area contributed by atoms with E-state index in [0.717, 1.165) is 23.4 Å². The molecule has 0 saturated carbocycles. The van der Waals surface area contributed by atoms with Gasteiger partial charge in [-0.05, 0) is 30.9 Å². The highest BCUT2D eigenvalue weighted by molar-refractivity contribution is 7.98. The highest BCUT2D eigenvalue weighted by atomic mass is 32.2. The van der Waals surface area contributed by atoms with Crippen LogP contribution in [0.15, 0.2) is 46.3 Å². The molecule has 0 aliphatic rings. The first-order valence-electron chi connectivity index (χ1n) is 10.4. The Morgan fingerprint density at radius 3 is 2.63 bits per heavy atom. The summed E-state index contributed by atoms with van der Waals surface area (Å²) in [5, 5.41) is 3.05. The molecule has 30 heavy (non-hydrogen) atoms. The molecule has 7 nitrogen and oxygen atoms in total. The van der Waals surface area contributed by atoms with Crippen molar-refractivity contribution in [3.05, 3.63) is 52.7 Å². The summed E-state index contributed by atoms with van der Waals surface area (Å²) in [6, 6.07) is 9.28. The fourth-order valence-corrected chi connectivity index (χ4v) is 4.22. The monoisotopic (exact) mass is 427 g/mol. The van der Waals surface area contributed by atoms with E-state index in [1.807, 2.05) is 38.1 Å². The molecule has 0 saturated heterocycles. The van der Waals surface area contributed by atoms with Crippen LogP contribution in [0.4, 0.5) is 5.69 Å². The molecule has 0 aliphatic carbocycles. The van der Waals surface area contributed by atoms with Crippen LogP contribution in [0.5, 0.6) is 0 Å². The van der Waals surface area contributed by atoms with Gasteiger partial charge in [0.15, 0.2) is 0 Å². The minimum Gasteiger partial charge on any atom is -0.325 e. The predicted octanol–water partition coefficient (Wildman–Crippen LogP) is 4.21. The lowest BCUT2D eigenvalue weighted by molar-refractivity contribution is -0.120. The van der Waals surface area contributed by atoms with E-state index in [0.29, 0.717) is 29.7 Å². The van der Waals surface area contributed by atoms with Crippen LogP contribution in [-0.2, 0) is 17.1 Å². The maximum atomic E-state index is 12.6. The average molecular weight is 428 g/mol. The molecule has 0 spiro atoms. The second-order valence-corrected chi connectivity index (χ2v) is 8.76. The molecule has 1 N–H and O–H groups in total. The van der Waals surface area contributed by atoms with Crippen LogP contribution >= 0.6 is 11.8 Å². The van der Waals surface area contributed by atoms with Crippen molar-refractivity contribution < 1.29 is 4.79 Å². The van der Waals surface area contributed by atoms with Crippen molar-refractivity contribution in [2.24, 2.45) is 11.8 Å². The Morgan fingerprint density at radius 1 is 1.20 bits per heavy atom. The summed E-state index contributed by atoms with van der Waals surface area (Å²) in [7, 11) is 0. The first-order valence-corrected chi connectivity index (χ1v) is 11.4. The third kappa shape index (κ3) is 5.11. The van der Waals surface area contributed by atoms with Gasteiger partial charge in [0.05, 0.1) is 11.4 Å². The Hall–Kier alpha value is -2.61. The summed E-state index contributed by atoms with van der Waals surface area (Å²) in [6.07, 6.45) is 3.29. The minimum atomic E-state index is -0.135. The van der Waals surface area contributed by atoms with Crippen molar-refractivity contribution in [2.75, 3.05) is 5.32 Å². The maximum Gasteiger partial charge on any atom is 0.274 e. The lowest BCUT2D eigenvalue weighted by Crippen LogP contribution is -2.23. The predicted molar refractivity (Wildman–Crippen MR) is 121 cm³/mol. The number of nitrogens with zero attached hydrogens (tertiary/aromatic N) is 4. The minimum absolute atomic E-state index is 0.00752. The Balaban J connectivity index is 1.77. The van der Waals surface area contributed by atoms with Crippen LogP contribution in [0.25, 0.3) is 5.78 Å². The van der Waals surface area contributed by atoms with Gasteiger partial charge >= 0.3 is 0 Å². The molecule has 0 fully saturated rings. The summed E-state index contributed by atoms with van der Waals surface area (Å²) >= 11 is 1.54. The zero-order valence-corrected chi connectivity index (χ0v) is 18.8. The standard InChI is InChI=1S/C22H29N5O2S/c1-5-16(6-2)21(29)25-18-9-7-8-10-19(18)30-13-17-11-20(28)27-22(24-17)23-14-26(27)12-15(3)4/h7-11,14-16H,5-6,12-13H2,1-4H3,(H,25,29). The van der Waals surface area contributed by atoms with E-state index >= 15 is 0 Å². The van der Waals surface area contributed by atoms with Crippen LogP contribution < -0.4 is 10.9 Å². The van der Waals surface area contributed by atoms with Crippen LogP contribution in [0.1, 0.15) is 46.2 Å². The molecule has 0 aliphatic heterocycles. The van der Waals surface area contributed by atoms with Gasteiger partial charge in [0.2, 0.25) is 5.91 Å². The summed E-state index contributed by atoms with van der Waals surface area (Å²) in [5.74, 6) is 1.38. The van der Waals surface area contributed by atoms with Crippen LogP contribution in [0.2, 0.25) is 0 Å². The molecule has 160 valence electrons. The SMILES string of the molecule is CCC(CC)C(=O)Nc1ccccc1SCc1cc(=O)n2c(ncn2CC(C)C)n1. The van der Waals surface area contributed by atoms with E-state index in [-0.39, 0.29) is 17.4 Å². The van der Waals surface area contributed by atoms with Crippen LogP contribution in [-0.4, -0.2) is 25.1 Å². The van der Waals surface area contributed by atoms with Gasteiger partial charge < -0.3 is 5.32 Å². The quantitative estimate of drug-likeness (QED) is 0.517. The number of hydrogen-bond donors (Lipinski definition) is 1. The molecule has 1 aromatic carbocycles.